The lowest BCUT2D eigenvalue weighted by Crippen LogP contribution is -2.52. The summed E-state index contributed by atoms with van der Waals surface area (Å²) in [5, 5.41) is 12.3. The van der Waals surface area contributed by atoms with E-state index in [4.69, 9.17) is 0 Å². The Morgan fingerprint density at radius 3 is 2.40 bits per heavy atom. The van der Waals surface area contributed by atoms with Gasteiger partial charge in [0.1, 0.15) is 6.04 Å². The van der Waals surface area contributed by atoms with E-state index in [2.05, 4.69) is 30.3 Å². The molecule has 2 aliphatic rings. The summed E-state index contributed by atoms with van der Waals surface area (Å²) >= 11 is 0. The highest BCUT2D eigenvalue weighted by Crippen LogP contribution is 2.29. The molecule has 0 amide bonds. The SMILES string of the molecule is Cc1ccc(S(=O)(=O)Cn2nnnc2C(c2ccccn2)N2CCN(C3CCCCC3)CC2)cc1. The van der Waals surface area contributed by atoms with Crippen molar-refractivity contribution in [2.75, 3.05) is 26.2 Å². The van der Waals surface area contributed by atoms with Crippen LogP contribution in [0.4, 0.5) is 0 Å². The molecule has 1 saturated heterocycles. The predicted molar refractivity (Wildman–Crippen MR) is 132 cm³/mol. The number of aryl methyl sites for hydroxylation is 1. The molecule has 35 heavy (non-hydrogen) atoms. The van der Waals surface area contributed by atoms with Crippen LogP contribution in [-0.2, 0) is 15.7 Å². The van der Waals surface area contributed by atoms with Crippen LogP contribution in [0.3, 0.4) is 0 Å². The van der Waals surface area contributed by atoms with Crippen molar-refractivity contribution in [3.63, 3.8) is 0 Å². The number of benzene rings is 1. The molecule has 5 rings (SSSR count). The van der Waals surface area contributed by atoms with Crippen molar-refractivity contribution in [1.82, 2.24) is 35.0 Å². The number of pyridine rings is 1. The number of rotatable bonds is 7. The summed E-state index contributed by atoms with van der Waals surface area (Å²) in [6.07, 6.45) is 8.35. The monoisotopic (exact) mass is 495 g/mol. The molecule has 0 N–H and O–H groups in total. The summed E-state index contributed by atoms with van der Waals surface area (Å²) in [5.74, 6) is 0.189. The second-order valence-electron chi connectivity index (χ2n) is 9.61. The average molecular weight is 496 g/mol. The average Bonchev–Trinajstić information content (AvgIpc) is 3.33. The smallest absolute Gasteiger partial charge is 0.198 e. The van der Waals surface area contributed by atoms with E-state index in [9.17, 15) is 8.42 Å². The molecule has 2 fully saturated rings. The molecule has 1 unspecified atom stereocenters. The Labute approximate surface area is 207 Å². The highest BCUT2D eigenvalue weighted by Gasteiger charge is 2.34. The molecule has 1 aliphatic carbocycles. The summed E-state index contributed by atoms with van der Waals surface area (Å²) < 4.78 is 27.7. The molecular formula is C25H33N7O2S. The van der Waals surface area contributed by atoms with Crippen molar-refractivity contribution in [3.8, 4) is 0 Å². The quantitative estimate of drug-likeness (QED) is 0.494. The van der Waals surface area contributed by atoms with E-state index in [0.717, 1.165) is 37.4 Å². The minimum atomic E-state index is -3.62. The molecule has 9 nitrogen and oxygen atoms in total. The lowest BCUT2D eigenvalue weighted by Gasteiger charge is -2.42. The third kappa shape index (κ3) is 5.44. The zero-order chi connectivity index (χ0) is 24.3. The fourth-order valence-corrected chi connectivity index (χ4v) is 6.51. The van der Waals surface area contributed by atoms with E-state index in [-0.39, 0.29) is 16.8 Å². The summed E-state index contributed by atoms with van der Waals surface area (Å²) in [6.45, 7) is 5.61. The van der Waals surface area contributed by atoms with E-state index in [0.29, 0.717) is 11.9 Å². The van der Waals surface area contributed by atoms with Crippen LogP contribution in [0.2, 0.25) is 0 Å². The first-order valence-electron chi connectivity index (χ1n) is 12.5. The molecule has 1 atom stereocenters. The topological polar surface area (TPSA) is 97.1 Å². The lowest BCUT2D eigenvalue weighted by molar-refractivity contribution is 0.0612. The van der Waals surface area contributed by atoms with E-state index in [1.165, 1.54) is 36.8 Å². The Morgan fingerprint density at radius 1 is 0.971 bits per heavy atom. The maximum Gasteiger partial charge on any atom is 0.198 e. The Hall–Kier alpha value is -2.69. The van der Waals surface area contributed by atoms with Crippen LogP contribution in [0.15, 0.2) is 53.6 Å². The standard InChI is InChI=1S/C25H33N7O2S/c1-20-10-12-22(13-11-20)35(33,34)19-32-25(27-28-29-32)24(23-9-5-6-14-26-23)31-17-15-30(16-18-31)21-7-3-2-4-8-21/h5-6,9-14,21,24H,2-4,7-8,15-19H2,1H3. The van der Waals surface area contributed by atoms with Crippen LogP contribution < -0.4 is 0 Å². The predicted octanol–water partition coefficient (Wildman–Crippen LogP) is 2.85. The lowest BCUT2D eigenvalue weighted by atomic mass is 9.93. The second kappa shape index (κ2) is 10.5. The van der Waals surface area contributed by atoms with Gasteiger partial charge >= 0.3 is 0 Å². The van der Waals surface area contributed by atoms with Crippen molar-refractivity contribution in [2.24, 2.45) is 0 Å². The molecule has 0 bridgehead atoms. The van der Waals surface area contributed by atoms with Gasteiger partial charge in [-0.05, 0) is 54.5 Å². The Bertz CT molecular complexity index is 1200. The van der Waals surface area contributed by atoms with Crippen molar-refractivity contribution in [1.29, 1.82) is 0 Å². The molecule has 1 aromatic carbocycles. The van der Waals surface area contributed by atoms with E-state index < -0.39 is 9.84 Å². The Kier molecular flexibility index (Phi) is 7.22. The number of sulfone groups is 1. The van der Waals surface area contributed by atoms with Gasteiger partial charge in [-0.25, -0.2) is 13.1 Å². The Balaban J connectivity index is 1.39. The minimum absolute atomic E-state index is 0.264. The molecule has 2 aromatic heterocycles. The normalized spacial score (nSPS) is 19.6. The first kappa shape index (κ1) is 24.0. The molecule has 0 radical (unpaired) electrons. The van der Waals surface area contributed by atoms with Gasteiger partial charge < -0.3 is 0 Å². The summed E-state index contributed by atoms with van der Waals surface area (Å²) in [5.41, 5.74) is 1.83. The Morgan fingerprint density at radius 2 is 1.71 bits per heavy atom. The third-order valence-electron chi connectivity index (χ3n) is 7.25. The number of piperazine rings is 1. The van der Waals surface area contributed by atoms with Crippen LogP contribution in [0.1, 0.15) is 55.2 Å². The van der Waals surface area contributed by atoms with Crippen LogP contribution in [0.25, 0.3) is 0 Å². The zero-order valence-electron chi connectivity index (χ0n) is 20.2. The first-order chi connectivity index (χ1) is 17.0. The zero-order valence-corrected chi connectivity index (χ0v) is 21.0. The number of tetrazole rings is 1. The number of hydrogen-bond acceptors (Lipinski definition) is 8. The molecular weight excluding hydrogens is 462 g/mol. The fourth-order valence-electron chi connectivity index (χ4n) is 5.31. The highest BCUT2D eigenvalue weighted by atomic mass is 32.2. The van der Waals surface area contributed by atoms with Gasteiger partial charge in [0.2, 0.25) is 0 Å². The van der Waals surface area contributed by atoms with Gasteiger partial charge in [0.05, 0.1) is 10.6 Å². The van der Waals surface area contributed by atoms with Gasteiger partial charge in [-0.1, -0.05) is 43.0 Å². The van der Waals surface area contributed by atoms with Gasteiger partial charge in [0.15, 0.2) is 21.5 Å². The van der Waals surface area contributed by atoms with E-state index in [1.807, 2.05) is 25.1 Å². The number of aromatic nitrogens is 5. The largest absolute Gasteiger partial charge is 0.298 e. The van der Waals surface area contributed by atoms with E-state index in [1.54, 1.807) is 30.5 Å². The molecule has 186 valence electrons. The van der Waals surface area contributed by atoms with Crippen molar-refractivity contribution in [3.05, 3.63) is 65.7 Å². The highest BCUT2D eigenvalue weighted by molar-refractivity contribution is 7.90. The molecule has 1 aliphatic heterocycles. The van der Waals surface area contributed by atoms with Crippen LogP contribution >= 0.6 is 0 Å². The number of hydrogen-bond donors (Lipinski definition) is 0. The van der Waals surface area contributed by atoms with Gasteiger partial charge in [-0.3, -0.25) is 14.8 Å². The minimum Gasteiger partial charge on any atom is -0.298 e. The van der Waals surface area contributed by atoms with Crippen molar-refractivity contribution < 1.29 is 8.42 Å². The molecule has 1 saturated carbocycles. The summed E-state index contributed by atoms with van der Waals surface area (Å²) in [7, 11) is -3.62. The summed E-state index contributed by atoms with van der Waals surface area (Å²) in [6, 6.07) is 13.0. The maximum absolute atomic E-state index is 13.2. The van der Waals surface area contributed by atoms with Gasteiger partial charge in [0, 0.05) is 38.4 Å². The van der Waals surface area contributed by atoms with Gasteiger partial charge in [-0.2, -0.15) is 0 Å². The fraction of sp³-hybridized carbons (Fsp3) is 0.520. The van der Waals surface area contributed by atoms with Crippen molar-refractivity contribution in [2.45, 2.75) is 61.9 Å². The molecule has 10 heteroatoms. The first-order valence-corrected chi connectivity index (χ1v) is 14.1. The maximum atomic E-state index is 13.2. The van der Waals surface area contributed by atoms with E-state index >= 15 is 0 Å². The van der Waals surface area contributed by atoms with Gasteiger partial charge in [-0.15, -0.1) is 5.10 Å². The van der Waals surface area contributed by atoms with Crippen LogP contribution in [0, 0.1) is 6.92 Å². The van der Waals surface area contributed by atoms with Crippen LogP contribution in [0.5, 0.6) is 0 Å². The molecule has 3 heterocycles. The molecule has 3 aromatic rings. The third-order valence-corrected chi connectivity index (χ3v) is 8.82. The summed E-state index contributed by atoms with van der Waals surface area (Å²) in [4.78, 5) is 9.83. The van der Waals surface area contributed by atoms with Crippen molar-refractivity contribution >= 4 is 9.84 Å². The van der Waals surface area contributed by atoms with Crippen LogP contribution in [-0.4, -0.2) is 75.6 Å². The number of nitrogens with zero attached hydrogens (tertiary/aromatic N) is 7. The van der Waals surface area contributed by atoms with Gasteiger partial charge in [0.25, 0.3) is 0 Å². The molecule has 0 spiro atoms. The second-order valence-corrected chi connectivity index (χ2v) is 11.6.